The first kappa shape index (κ1) is 11.1. The topological polar surface area (TPSA) is 32.3 Å². The number of hydrogen-bond acceptors (Lipinski definition) is 2. The maximum atomic E-state index is 10.9. The molecule has 0 spiro atoms. The fourth-order valence-electron chi connectivity index (χ4n) is 2.16. The van der Waals surface area contributed by atoms with Gasteiger partial charge in [0.2, 0.25) is 6.41 Å². The molecule has 16 heavy (non-hydrogen) atoms. The molecule has 2 rings (SSSR count). The Morgan fingerprint density at radius 3 is 2.94 bits per heavy atom. The van der Waals surface area contributed by atoms with Crippen LogP contribution in [0.3, 0.4) is 0 Å². The van der Waals surface area contributed by atoms with Gasteiger partial charge in [-0.3, -0.25) is 4.79 Å². The fourth-order valence-corrected chi connectivity index (χ4v) is 2.16. The molecule has 0 bridgehead atoms. The number of nitrogens with one attached hydrogen (secondary N) is 1. The molecule has 3 heteroatoms. The molecule has 1 amide bonds. The number of carbonyl (C=O) groups excluding carboxylic acids is 1. The van der Waals surface area contributed by atoms with Gasteiger partial charge in [0, 0.05) is 25.7 Å². The van der Waals surface area contributed by atoms with Crippen molar-refractivity contribution in [2.45, 2.75) is 18.9 Å². The van der Waals surface area contributed by atoms with E-state index in [1.54, 1.807) is 0 Å². The smallest absolute Gasteiger partial charge is 0.210 e. The van der Waals surface area contributed by atoms with E-state index in [0.717, 1.165) is 38.9 Å². The lowest BCUT2D eigenvalue weighted by Gasteiger charge is -2.33. The molecule has 0 aromatic heterocycles. The van der Waals surface area contributed by atoms with Crippen LogP contribution in [-0.2, 0) is 11.2 Å². The predicted molar refractivity (Wildman–Crippen MR) is 64.2 cm³/mol. The number of hydrogen-bond donors (Lipinski definition) is 1. The van der Waals surface area contributed by atoms with Crippen LogP contribution in [0.25, 0.3) is 0 Å². The van der Waals surface area contributed by atoms with E-state index in [9.17, 15) is 4.79 Å². The van der Waals surface area contributed by atoms with Gasteiger partial charge in [-0.15, -0.1) is 0 Å². The van der Waals surface area contributed by atoms with E-state index in [1.165, 1.54) is 5.56 Å². The normalized spacial score (nSPS) is 20.8. The number of aryl methyl sites for hydroxylation is 1. The first-order valence-corrected chi connectivity index (χ1v) is 5.86. The van der Waals surface area contributed by atoms with Crippen LogP contribution in [0.15, 0.2) is 30.3 Å². The zero-order chi connectivity index (χ0) is 11.2. The SMILES string of the molecule is O=CN1CCNCC1CCc1ccccc1. The molecule has 1 N–H and O–H groups in total. The summed E-state index contributed by atoms with van der Waals surface area (Å²) in [6.07, 6.45) is 3.06. The highest BCUT2D eigenvalue weighted by Crippen LogP contribution is 2.10. The van der Waals surface area contributed by atoms with Crippen LogP contribution in [0.1, 0.15) is 12.0 Å². The first-order chi connectivity index (χ1) is 7.90. The van der Waals surface area contributed by atoms with Crippen LogP contribution >= 0.6 is 0 Å². The largest absolute Gasteiger partial charge is 0.340 e. The summed E-state index contributed by atoms with van der Waals surface area (Å²) in [5.74, 6) is 0. The molecular weight excluding hydrogens is 200 g/mol. The van der Waals surface area contributed by atoms with Gasteiger partial charge in [0.15, 0.2) is 0 Å². The van der Waals surface area contributed by atoms with Crippen LogP contribution in [0, 0.1) is 0 Å². The monoisotopic (exact) mass is 218 g/mol. The predicted octanol–water partition coefficient (Wildman–Crippen LogP) is 1.05. The van der Waals surface area contributed by atoms with E-state index in [4.69, 9.17) is 0 Å². The van der Waals surface area contributed by atoms with E-state index in [-0.39, 0.29) is 0 Å². The second-order valence-electron chi connectivity index (χ2n) is 4.23. The Kier molecular flexibility index (Phi) is 3.94. The summed E-state index contributed by atoms with van der Waals surface area (Å²) in [4.78, 5) is 12.8. The summed E-state index contributed by atoms with van der Waals surface area (Å²) in [7, 11) is 0. The average molecular weight is 218 g/mol. The standard InChI is InChI=1S/C13H18N2O/c16-11-15-9-8-14-10-13(15)7-6-12-4-2-1-3-5-12/h1-5,11,13-14H,6-10H2. The van der Waals surface area contributed by atoms with Crippen LogP contribution in [0.2, 0.25) is 0 Å². The molecule has 1 heterocycles. The number of nitrogens with zero attached hydrogens (tertiary/aromatic N) is 1. The molecule has 1 atom stereocenters. The highest BCUT2D eigenvalue weighted by molar-refractivity contribution is 5.48. The van der Waals surface area contributed by atoms with Gasteiger partial charge in [-0.2, -0.15) is 0 Å². The highest BCUT2D eigenvalue weighted by atomic mass is 16.1. The molecule has 1 aliphatic heterocycles. The van der Waals surface area contributed by atoms with Crippen molar-refractivity contribution in [3.8, 4) is 0 Å². The Hall–Kier alpha value is -1.35. The summed E-state index contributed by atoms with van der Waals surface area (Å²) in [5, 5.41) is 3.33. The minimum atomic E-state index is 0.353. The third-order valence-corrected chi connectivity index (χ3v) is 3.14. The van der Waals surface area contributed by atoms with Crippen molar-refractivity contribution in [3.05, 3.63) is 35.9 Å². The summed E-state index contributed by atoms with van der Waals surface area (Å²) in [6, 6.07) is 10.8. The average Bonchev–Trinajstić information content (AvgIpc) is 2.38. The van der Waals surface area contributed by atoms with Crippen molar-refractivity contribution in [2.75, 3.05) is 19.6 Å². The Bertz CT molecular complexity index is 326. The molecule has 0 saturated carbocycles. The van der Waals surface area contributed by atoms with Crippen LogP contribution in [0.4, 0.5) is 0 Å². The maximum absolute atomic E-state index is 10.9. The van der Waals surface area contributed by atoms with Gasteiger partial charge in [0.25, 0.3) is 0 Å². The van der Waals surface area contributed by atoms with Gasteiger partial charge in [0.1, 0.15) is 0 Å². The molecule has 1 aromatic rings. The Labute approximate surface area is 96.5 Å². The zero-order valence-electron chi connectivity index (χ0n) is 9.43. The van der Waals surface area contributed by atoms with Crippen molar-refractivity contribution in [1.29, 1.82) is 0 Å². The van der Waals surface area contributed by atoms with E-state index in [1.807, 2.05) is 11.0 Å². The number of rotatable bonds is 4. The van der Waals surface area contributed by atoms with Crippen LogP contribution < -0.4 is 5.32 Å². The second kappa shape index (κ2) is 5.66. The van der Waals surface area contributed by atoms with E-state index in [0.29, 0.717) is 6.04 Å². The fraction of sp³-hybridized carbons (Fsp3) is 0.462. The molecular formula is C13H18N2O. The minimum Gasteiger partial charge on any atom is -0.340 e. The molecule has 0 aliphatic carbocycles. The number of benzene rings is 1. The highest BCUT2D eigenvalue weighted by Gasteiger charge is 2.19. The number of amides is 1. The number of carbonyl (C=O) groups is 1. The first-order valence-electron chi connectivity index (χ1n) is 5.86. The van der Waals surface area contributed by atoms with Crippen molar-refractivity contribution in [2.24, 2.45) is 0 Å². The molecule has 0 radical (unpaired) electrons. The van der Waals surface area contributed by atoms with Crippen molar-refractivity contribution in [1.82, 2.24) is 10.2 Å². The third kappa shape index (κ3) is 2.83. The van der Waals surface area contributed by atoms with Gasteiger partial charge in [-0.25, -0.2) is 0 Å². The van der Waals surface area contributed by atoms with Gasteiger partial charge in [-0.1, -0.05) is 30.3 Å². The Balaban J connectivity index is 1.86. The van der Waals surface area contributed by atoms with Gasteiger partial charge in [-0.05, 0) is 18.4 Å². The molecule has 1 aromatic carbocycles. The minimum absolute atomic E-state index is 0.353. The second-order valence-corrected chi connectivity index (χ2v) is 4.23. The summed E-state index contributed by atoms with van der Waals surface area (Å²) >= 11 is 0. The Morgan fingerprint density at radius 1 is 1.38 bits per heavy atom. The van der Waals surface area contributed by atoms with Gasteiger partial charge >= 0.3 is 0 Å². The van der Waals surface area contributed by atoms with E-state index >= 15 is 0 Å². The van der Waals surface area contributed by atoms with E-state index in [2.05, 4.69) is 29.6 Å². The molecule has 1 fully saturated rings. The number of piperazine rings is 1. The van der Waals surface area contributed by atoms with Crippen molar-refractivity contribution >= 4 is 6.41 Å². The van der Waals surface area contributed by atoms with Crippen LogP contribution in [-0.4, -0.2) is 37.0 Å². The lowest BCUT2D eigenvalue weighted by Crippen LogP contribution is -2.50. The molecule has 1 unspecified atom stereocenters. The summed E-state index contributed by atoms with van der Waals surface area (Å²) < 4.78 is 0. The maximum Gasteiger partial charge on any atom is 0.210 e. The Morgan fingerprint density at radius 2 is 2.19 bits per heavy atom. The lowest BCUT2D eigenvalue weighted by atomic mass is 10.0. The molecule has 86 valence electrons. The quantitative estimate of drug-likeness (QED) is 0.766. The van der Waals surface area contributed by atoms with Crippen molar-refractivity contribution in [3.63, 3.8) is 0 Å². The molecule has 1 saturated heterocycles. The summed E-state index contributed by atoms with van der Waals surface area (Å²) in [6.45, 7) is 2.68. The molecule has 1 aliphatic rings. The van der Waals surface area contributed by atoms with Crippen LogP contribution in [0.5, 0.6) is 0 Å². The lowest BCUT2D eigenvalue weighted by molar-refractivity contribution is -0.121. The van der Waals surface area contributed by atoms with Gasteiger partial charge in [0.05, 0.1) is 0 Å². The summed E-state index contributed by atoms with van der Waals surface area (Å²) in [5.41, 5.74) is 1.35. The third-order valence-electron chi connectivity index (χ3n) is 3.14. The van der Waals surface area contributed by atoms with Gasteiger partial charge < -0.3 is 10.2 Å². The zero-order valence-corrected chi connectivity index (χ0v) is 9.43. The molecule has 3 nitrogen and oxygen atoms in total. The van der Waals surface area contributed by atoms with E-state index < -0.39 is 0 Å². The van der Waals surface area contributed by atoms with Crippen molar-refractivity contribution < 1.29 is 4.79 Å².